The highest BCUT2D eigenvalue weighted by Crippen LogP contribution is 2.55. The molecule has 26 atom stereocenters. The second-order valence-corrected chi connectivity index (χ2v) is 28.4. The number of ketones is 1. The van der Waals surface area contributed by atoms with Crippen LogP contribution in [-0.4, -0.2) is 319 Å². The lowest BCUT2D eigenvalue weighted by molar-refractivity contribution is -0.332. The molecule has 5 bridgehead atoms. The van der Waals surface area contributed by atoms with Gasteiger partial charge in [-0.15, -0.1) is 0 Å². The number of fused-ring (bicyclic) bond motifs is 14. The third kappa shape index (κ3) is 20.9. The van der Waals surface area contributed by atoms with Crippen molar-refractivity contribution < 1.29 is 124 Å². The largest absolute Gasteiger partial charge is 0.507 e. The van der Waals surface area contributed by atoms with E-state index >= 15 is 0 Å². The Morgan fingerprint density at radius 1 is 0.736 bits per heavy atom. The highest BCUT2D eigenvalue weighted by atomic mass is 16.7. The van der Waals surface area contributed by atoms with Crippen LogP contribution in [0.5, 0.6) is 23.0 Å². The maximum absolute atomic E-state index is 14.4. The van der Waals surface area contributed by atoms with Crippen molar-refractivity contribution in [2.75, 3.05) is 85.1 Å². The molecule has 4 fully saturated rings. The van der Waals surface area contributed by atoms with Crippen molar-refractivity contribution in [3.8, 4) is 23.0 Å². The number of nitrogens with two attached hydrogens (primary N) is 4. The van der Waals surface area contributed by atoms with Gasteiger partial charge in [0.2, 0.25) is 0 Å². The maximum atomic E-state index is 14.4. The number of methoxy groups -OCH3 is 1. The Kier molecular flexibility index (Phi) is 33.7. The van der Waals surface area contributed by atoms with Crippen LogP contribution >= 0.6 is 0 Å². The van der Waals surface area contributed by atoms with Gasteiger partial charge in [0.15, 0.2) is 18.3 Å². The number of piperazine rings is 1. The number of likely N-dealkylation sites (N-methyl/N-ethyl adjacent to an activating group) is 1. The average Bonchev–Trinajstić information content (AvgIpc) is 1.75. The summed E-state index contributed by atoms with van der Waals surface area (Å²) in [4.78, 5) is 42.6. The Morgan fingerprint density at radius 2 is 1.31 bits per heavy atom. The van der Waals surface area contributed by atoms with Gasteiger partial charge in [0.1, 0.15) is 84.4 Å². The van der Waals surface area contributed by atoms with Crippen LogP contribution in [0.4, 0.5) is 5.69 Å². The van der Waals surface area contributed by atoms with E-state index in [4.69, 9.17) is 71.0 Å². The summed E-state index contributed by atoms with van der Waals surface area (Å²) in [6, 6.07) is -2.46. The van der Waals surface area contributed by atoms with E-state index in [9.17, 15) is 75.7 Å². The predicted octanol–water partition coefficient (Wildman–Crippen LogP) is -3.25. The first-order valence-corrected chi connectivity index (χ1v) is 36.0. The van der Waals surface area contributed by atoms with Crippen molar-refractivity contribution in [1.82, 2.24) is 20.5 Å². The number of aliphatic hydroxyl groups is 11. The standard InChI is InChI=1S/C43H58N4O12.C18H36N4O11.C10H24N2O2/c1-21-12-11-13-22(2)42(55)45-33-28(20-44-47-17-15-46(9)16-18-47)37(52)30-31(38(33)53)36(51)26(6)40-32(30)41(54)43(8,59-40)57-19-14-29(56-10)23(3)39(58-27(7)48)25(5)35(50)24(4)34(21)49;19-2-6-10(25)12(27)13(28)18(30-6)33-16-5(21)1-4(20)15(14(16)29)32-17-11(26)8(22)9(24)7(3-23)31-17;1-3-9(7-13)11-5-6-12-10(4-2)8-14/h11-14,19-21,23-25,29,34-35,39,49-53H,15-18H2,1-10H3,(H,45,55);4-18,23-29H,1-3,19-22H2;9-14H,3-8H2,1-2H3/b12-11+,19-14+,22-13-,44-20-;;/t21-,23-,24-,25-,29+,34+,35+,39-,43+;4-,5+,6-,7-,8+,9-,10-,11-,12+,13-,14-,15+,16-,17-,18-;9-,10-/m110/s1. The number of carbonyl (C=O) groups is 3. The van der Waals surface area contributed by atoms with Gasteiger partial charge >= 0.3 is 11.8 Å². The minimum Gasteiger partial charge on any atom is -0.507 e. The van der Waals surface area contributed by atoms with E-state index in [1.165, 1.54) is 59.4 Å². The number of hydrazone groups is 1. The molecular weight excluding hydrogens is 1390 g/mol. The molecule has 3 saturated heterocycles. The number of amides is 1. The van der Waals surface area contributed by atoms with Crippen molar-refractivity contribution in [2.45, 2.75) is 223 Å². The van der Waals surface area contributed by atoms with Gasteiger partial charge in [-0.25, -0.2) is 0 Å². The van der Waals surface area contributed by atoms with Crippen LogP contribution in [-0.2, 0) is 42.7 Å². The molecule has 25 N–H and O–H groups in total. The molecule has 9 rings (SSSR count). The Morgan fingerprint density at radius 3 is 1.85 bits per heavy atom. The molecule has 106 heavy (non-hydrogen) atoms. The lowest BCUT2D eigenvalue weighted by Gasteiger charge is -2.48. The number of anilines is 1. The first-order valence-electron chi connectivity index (χ1n) is 36.0. The lowest BCUT2D eigenvalue weighted by Crippen LogP contribution is -2.68. The van der Waals surface area contributed by atoms with Crippen LogP contribution in [0.3, 0.4) is 0 Å². The number of allylic oxidation sites excluding steroid dienone is 2. The summed E-state index contributed by atoms with van der Waals surface area (Å²) in [5.41, 5.74) is 23.2. The van der Waals surface area contributed by atoms with Crippen molar-refractivity contribution in [3.05, 3.63) is 52.8 Å². The van der Waals surface area contributed by atoms with Crippen molar-refractivity contribution >= 4 is 40.3 Å². The number of carbonyl (C=O) groups excluding carboxylic acids is 3. The van der Waals surface area contributed by atoms with Crippen LogP contribution in [0.15, 0.2) is 41.2 Å². The van der Waals surface area contributed by atoms with Crippen LogP contribution in [0, 0.1) is 30.6 Å². The van der Waals surface area contributed by atoms with Gasteiger partial charge in [0.25, 0.3) is 11.7 Å². The van der Waals surface area contributed by atoms with Crippen molar-refractivity contribution in [3.63, 3.8) is 0 Å². The number of nitrogens with one attached hydrogen (secondary N) is 3. The Bertz CT molecular complexity index is 3240. The molecule has 2 aromatic carbocycles. The summed E-state index contributed by atoms with van der Waals surface area (Å²) in [6.45, 7) is 20.5. The molecule has 1 amide bonds. The number of rotatable bonds is 19. The second kappa shape index (κ2) is 40.1. The first-order chi connectivity index (χ1) is 50.0. The molecule has 0 unspecified atom stereocenters. The number of benzene rings is 2. The SMILES string of the molecule is CC[C@@H](CO)NCCN[C@@H](CC)CO.CO[C@H]1/C=C/O[C@@]2(C)Oc3c(C)c(O)c4c(O)c(c(/C=N\N5CCN(C)CC5)c(O)c4c3C2=O)NC(=O)/C(C)=C\C=C\[C@@H](C)[C@H](O)[C@@H](C)[C@H](O)[C@@H](C)[C@H](OC(C)=O)[C@@H]1C.NC[C@H]1O[C@H](O[C@H]2[C@H](O)[C@@H](O[C@H]3O[C@H](CO)[C@@H](O)[C@H](N)[C@H]3O)[C@H](N)C[C@@H]2N)[C@H](O)[C@@H](O)[C@@H]1O. The first kappa shape index (κ1) is 89.0. The van der Waals surface area contributed by atoms with Gasteiger partial charge < -0.3 is 153 Å². The molecule has 0 spiro atoms. The van der Waals surface area contributed by atoms with Crippen molar-refractivity contribution in [1.29, 1.82) is 0 Å². The predicted molar refractivity (Wildman–Crippen MR) is 387 cm³/mol. The highest BCUT2D eigenvalue weighted by molar-refractivity contribution is 6.24. The number of hydrogen-bond acceptors (Lipinski definition) is 34. The van der Waals surface area contributed by atoms with Gasteiger partial charge in [-0.2, -0.15) is 5.10 Å². The fraction of sp³-hybridized carbons (Fsp3) is 0.718. The monoisotopic (exact) mass is 1510 g/mol. The third-order valence-electron chi connectivity index (χ3n) is 20.8. The summed E-state index contributed by atoms with van der Waals surface area (Å²) >= 11 is 0. The van der Waals surface area contributed by atoms with Crippen LogP contribution < -0.4 is 43.6 Å². The van der Waals surface area contributed by atoms with E-state index in [0.717, 1.165) is 39.0 Å². The summed E-state index contributed by atoms with van der Waals surface area (Å²) in [7, 11) is 3.42. The number of hydrogen-bond donors (Lipinski definition) is 21. The van der Waals surface area contributed by atoms with E-state index in [0.29, 0.717) is 13.1 Å². The number of nitrogens with zero attached hydrogens (tertiary/aromatic N) is 3. The highest BCUT2D eigenvalue weighted by Gasteiger charge is 2.53. The minimum atomic E-state index is -2.04. The molecule has 1 aliphatic carbocycles. The Hall–Kier alpha value is -5.92. The van der Waals surface area contributed by atoms with E-state index < -0.39 is 187 Å². The summed E-state index contributed by atoms with van der Waals surface area (Å²) < 4.78 is 45.8. The number of Topliss-reactive ketones (excluding diaryl/α,β-unsaturated/α-hetero) is 1. The zero-order chi connectivity index (χ0) is 79.1. The summed E-state index contributed by atoms with van der Waals surface area (Å²) in [5.74, 6) is -8.34. The van der Waals surface area contributed by atoms with Gasteiger partial charge in [-0.1, -0.05) is 59.8 Å². The molecule has 0 radical (unpaired) electrons. The van der Waals surface area contributed by atoms with Gasteiger partial charge in [0.05, 0.1) is 78.9 Å². The second-order valence-electron chi connectivity index (χ2n) is 28.4. The number of phenols is 3. The molecule has 602 valence electrons. The Labute approximate surface area is 617 Å². The van der Waals surface area contributed by atoms with Gasteiger partial charge in [-0.3, -0.25) is 19.4 Å². The fourth-order valence-electron chi connectivity index (χ4n) is 13.6. The molecule has 2 aromatic rings. The van der Waals surface area contributed by atoms with E-state index in [-0.39, 0.29) is 82.7 Å². The van der Waals surface area contributed by atoms with E-state index in [1.807, 2.05) is 20.9 Å². The van der Waals surface area contributed by atoms with Crippen LogP contribution in [0.25, 0.3) is 10.8 Å². The van der Waals surface area contributed by atoms with Crippen molar-refractivity contribution in [2.24, 2.45) is 51.7 Å². The van der Waals surface area contributed by atoms with Gasteiger partial charge in [0, 0.05) is 131 Å². The average molecular weight is 1510 g/mol. The van der Waals surface area contributed by atoms with Crippen LogP contribution in [0.2, 0.25) is 0 Å². The number of phenolic OH excluding ortho intramolecular Hbond substituents is 3. The maximum Gasteiger partial charge on any atom is 0.312 e. The quantitative estimate of drug-likeness (QED) is 0.0216. The molecule has 6 aliphatic heterocycles. The number of aromatic hydroxyl groups is 3. The molecule has 35 heteroatoms. The fourth-order valence-corrected chi connectivity index (χ4v) is 13.6. The topological polar surface area (TPSA) is 567 Å². The summed E-state index contributed by atoms with van der Waals surface area (Å²) in [6.07, 6.45) is -9.72. The molecule has 1 saturated carbocycles. The lowest BCUT2D eigenvalue weighted by atomic mass is 9.78. The molecule has 6 heterocycles. The van der Waals surface area contributed by atoms with Crippen LogP contribution in [0.1, 0.15) is 103 Å². The number of esters is 1. The Balaban J connectivity index is 0.000000311. The minimum absolute atomic E-state index is 0.0559. The van der Waals surface area contributed by atoms with E-state index in [2.05, 4.69) is 26.0 Å². The number of ether oxygens (including phenoxy) is 8. The molecule has 7 aliphatic rings. The number of aliphatic hydroxyl groups excluding tert-OH is 11. The van der Waals surface area contributed by atoms with Gasteiger partial charge in [-0.05, 0) is 46.2 Å². The third-order valence-corrected chi connectivity index (χ3v) is 20.8. The molecule has 0 aromatic heterocycles. The zero-order valence-corrected chi connectivity index (χ0v) is 62.5. The normalized spacial score (nSPS) is 36.6. The summed E-state index contributed by atoms with van der Waals surface area (Å²) in [5, 5.41) is 162. The molecular formula is C71H118N10O25. The zero-order valence-electron chi connectivity index (χ0n) is 62.5. The smallest absolute Gasteiger partial charge is 0.312 e. The van der Waals surface area contributed by atoms with E-state index in [1.54, 1.807) is 44.9 Å². The molecule has 35 nitrogen and oxygen atoms in total.